The van der Waals surface area contributed by atoms with Gasteiger partial charge < -0.3 is 15.4 Å². The Bertz CT molecular complexity index is 1270. The molecule has 1 aromatic carbocycles. The van der Waals surface area contributed by atoms with Crippen LogP contribution in [0, 0.1) is 6.92 Å². The number of anilines is 1. The van der Waals surface area contributed by atoms with Gasteiger partial charge in [-0.15, -0.1) is 0 Å². The van der Waals surface area contributed by atoms with Gasteiger partial charge in [0.25, 0.3) is 5.91 Å². The van der Waals surface area contributed by atoms with Crippen molar-refractivity contribution in [1.29, 1.82) is 0 Å². The molecule has 1 unspecified atom stereocenters. The minimum Gasteiger partial charge on any atom is -0.480 e. The largest absolute Gasteiger partial charge is 0.480 e. The highest BCUT2D eigenvalue weighted by molar-refractivity contribution is 6.30. The predicted molar refractivity (Wildman–Crippen MR) is 138 cm³/mol. The second-order valence-electron chi connectivity index (χ2n) is 7.98. The van der Waals surface area contributed by atoms with Crippen LogP contribution in [-0.2, 0) is 22.4 Å². The van der Waals surface area contributed by atoms with Crippen molar-refractivity contribution in [3.05, 3.63) is 81.1 Å². The summed E-state index contributed by atoms with van der Waals surface area (Å²) in [5, 5.41) is 6.00. The lowest BCUT2D eigenvalue weighted by molar-refractivity contribution is -0.123. The number of carbonyl (C=O) groups excluding carboxylic acids is 2. The molecule has 0 saturated carbocycles. The third-order valence-corrected chi connectivity index (χ3v) is 5.58. The number of halogens is 1. The van der Waals surface area contributed by atoms with Gasteiger partial charge in [-0.3, -0.25) is 24.8 Å². The van der Waals surface area contributed by atoms with E-state index in [9.17, 15) is 14.4 Å². The molecule has 3 aromatic rings. The Morgan fingerprint density at radius 1 is 1.19 bits per heavy atom. The summed E-state index contributed by atoms with van der Waals surface area (Å²) in [5.41, 5.74) is 4.01. The van der Waals surface area contributed by atoms with Gasteiger partial charge in [-0.25, -0.2) is 9.66 Å². The molecule has 3 rings (SSSR count). The minimum atomic E-state index is -0.922. The van der Waals surface area contributed by atoms with E-state index in [4.69, 9.17) is 16.3 Å². The molecule has 0 spiro atoms. The van der Waals surface area contributed by atoms with Crippen molar-refractivity contribution in [1.82, 2.24) is 20.0 Å². The van der Waals surface area contributed by atoms with Gasteiger partial charge in [-0.1, -0.05) is 24.6 Å². The summed E-state index contributed by atoms with van der Waals surface area (Å²) < 4.78 is 7.09. The Morgan fingerprint density at radius 3 is 2.69 bits per heavy atom. The van der Waals surface area contributed by atoms with Crippen LogP contribution in [0.25, 0.3) is 0 Å². The number of nitrogens with zero attached hydrogens (tertiary/aromatic N) is 3. The van der Waals surface area contributed by atoms with Gasteiger partial charge in [0, 0.05) is 42.5 Å². The highest BCUT2D eigenvalue weighted by atomic mass is 35.5. The number of benzene rings is 1. The lowest BCUT2D eigenvalue weighted by atomic mass is 10.1. The molecule has 10 nitrogen and oxygen atoms in total. The van der Waals surface area contributed by atoms with Crippen LogP contribution in [0.5, 0.6) is 5.75 Å². The second kappa shape index (κ2) is 12.7. The number of aryl methyl sites for hydroxylation is 1. The van der Waals surface area contributed by atoms with Crippen LogP contribution >= 0.6 is 11.6 Å². The molecule has 0 saturated heterocycles. The molecule has 0 aliphatic heterocycles. The number of hydrogen-bond acceptors (Lipinski definition) is 7. The van der Waals surface area contributed by atoms with E-state index >= 15 is 0 Å². The molecule has 0 fully saturated rings. The highest BCUT2D eigenvalue weighted by Gasteiger charge is 2.22. The number of carbonyl (C=O) groups is 2. The zero-order valence-electron chi connectivity index (χ0n) is 20.4. The smallest absolute Gasteiger partial charge is 0.312 e. The molecular weight excluding hydrogens is 484 g/mol. The summed E-state index contributed by atoms with van der Waals surface area (Å²) >= 11 is 6.08. The van der Waals surface area contributed by atoms with Crippen LogP contribution in [0.3, 0.4) is 0 Å². The molecular formula is C25H29ClN6O4. The molecule has 1 atom stereocenters. The van der Waals surface area contributed by atoms with Gasteiger partial charge in [0.2, 0.25) is 5.91 Å². The summed E-state index contributed by atoms with van der Waals surface area (Å²) in [6.07, 6.45) is 3.25. The van der Waals surface area contributed by atoms with E-state index in [1.807, 2.05) is 18.2 Å². The van der Waals surface area contributed by atoms with Crippen LogP contribution in [0.15, 0.2) is 53.6 Å². The minimum absolute atomic E-state index is 0.0426. The van der Waals surface area contributed by atoms with Crippen molar-refractivity contribution < 1.29 is 14.3 Å². The third-order valence-electron chi connectivity index (χ3n) is 5.35. The molecule has 2 amide bonds. The van der Waals surface area contributed by atoms with E-state index in [2.05, 4.69) is 26.0 Å². The molecule has 36 heavy (non-hydrogen) atoms. The summed E-state index contributed by atoms with van der Waals surface area (Å²) in [7, 11) is 1.53. The van der Waals surface area contributed by atoms with Gasteiger partial charge >= 0.3 is 5.56 Å². The van der Waals surface area contributed by atoms with Crippen molar-refractivity contribution in [3.8, 4) is 5.75 Å². The molecule has 190 valence electrons. The van der Waals surface area contributed by atoms with Gasteiger partial charge in [0.1, 0.15) is 5.75 Å². The van der Waals surface area contributed by atoms with Crippen molar-refractivity contribution in [3.63, 3.8) is 0 Å². The fourth-order valence-corrected chi connectivity index (χ4v) is 3.57. The topological polar surface area (TPSA) is 127 Å². The summed E-state index contributed by atoms with van der Waals surface area (Å²) in [6, 6.07) is 10.5. The maximum atomic E-state index is 13.1. The quantitative estimate of drug-likeness (QED) is 0.360. The number of amides is 2. The second-order valence-corrected chi connectivity index (χ2v) is 8.42. The van der Waals surface area contributed by atoms with E-state index in [0.717, 1.165) is 10.4 Å². The third kappa shape index (κ3) is 7.05. The average Bonchev–Trinajstić information content (AvgIpc) is 2.87. The Kier molecular flexibility index (Phi) is 9.40. The van der Waals surface area contributed by atoms with Crippen LogP contribution < -0.4 is 26.4 Å². The number of nitrogens with one attached hydrogen (secondary N) is 3. The molecule has 2 heterocycles. The Hall–Kier alpha value is -3.92. The Labute approximate surface area is 214 Å². The van der Waals surface area contributed by atoms with Gasteiger partial charge in [0.05, 0.1) is 18.3 Å². The van der Waals surface area contributed by atoms with Crippen molar-refractivity contribution >= 4 is 29.2 Å². The van der Waals surface area contributed by atoms with Crippen molar-refractivity contribution in [2.75, 3.05) is 24.3 Å². The lowest BCUT2D eigenvalue weighted by Crippen LogP contribution is -2.42. The maximum absolute atomic E-state index is 13.1. The van der Waals surface area contributed by atoms with Gasteiger partial charge in [-0.05, 0) is 43.7 Å². The fraction of sp³-hybridized carbons (Fsp3) is 0.320. The van der Waals surface area contributed by atoms with E-state index in [-0.39, 0.29) is 18.1 Å². The number of rotatable bonds is 11. The van der Waals surface area contributed by atoms with Crippen LogP contribution in [0.4, 0.5) is 5.82 Å². The van der Waals surface area contributed by atoms with Crippen LogP contribution in [0.1, 0.15) is 30.3 Å². The van der Waals surface area contributed by atoms with E-state index in [1.165, 1.54) is 13.2 Å². The molecule has 3 N–H and O–H groups in total. The molecule has 0 aliphatic rings. The fourth-order valence-electron chi connectivity index (χ4n) is 3.37. The van der Waals surface area contributed by atoms with Gasteiger partial charge in [-0.2, -0.15) is 0 Å². The highest BCUT2D eigenvalue weighted by Crippen LogP contribution is 2.25. The zero-order chi connectivity index (χ0) is 26.1. The monoisotopic (exact) mass is 512 g/mol. The average molecular weight is 513 g/mol. The maximum Gasteiger partial charge on any atom is 0.312 e. The Morgan fingerprint density at radius 2 is 2.00 bits per heavy atom. The molecule has 0 radical (unpaired) electrons. The van der Waals surface area contributed by atoms with Crippen LogP contribution in [-0.4, -0.2) is 46.2 Å². The number of likely N-dealkylation sites (N-methyl/N-ethyl adjacent to an activating group) is 1. The number of hydrogen-bond donors (Lipinski definition) is 3. The van der Waals surface area contributed by atoms with E-state index in [1.54, 1.807) is 38.2 Å². The van der Waals surface area contributed by atoms with Gasteiger partial charge in [0.15, 0.2) is 11.9 Å². The first-order valence-electron chi connectivity index (χ1n) is 11.5. The van der Waals surface area contributed by atoms with Crippen molar-refractivity contribution in [2.24, 2.45) is 0 Å². The molecule has 11 heteroatoms. The lowest BCUT2D eigenvalue weighted by Gasteiger charge is -2.21. The van der Waals surface area contributed by atoms with E-state index in [0.29, 0.717) is 41.4 Å². The first kappa shape index (κ1) is 26.7. The first-order chi connectivity index (χ1) is 17.3. The van der Waals surface area contributed by atoms with Crippen molar-refractivity contribution in [2.45, 2.75) is 39.2 Å². The molecule has 2 aromatic heterocycles. The van der Waals surface area contributed by atoms with Crippen LogP contribution in [0.2, 0.25) is 5.02 Å². The van der Waals surface area contributed by atoms with E-state index < -0.39 is 17.6 Å². The number of ether oxygens (including phenoxy) is 1. The molecule has 0 bridgehead atoms. The Balaban J connectivity index is 1.73. The number of pyridine rings is 1. The SMILES string of the molecule is CCC(Oc1ccc(Cl)cc1CC(=O)NC)C(=O)Nn1c(C)cnc(NCCc2ccccn2)c1=O. The summed E-state index contributed by atoms with van der Waals surface area (Å²) in [6.45, 7) is 3.89. The predicted octanol–water partition coefficient (Wildman–Crippen LogP) is 2.47. The summed E-state index contributed by atoms with van der Waals surface area (Å²) in [4.78, 5) is 46.4. The number of aromatic nitrogens is 3. The first-order valence-corrected chi connectivity index (χ1v) is 11.9. The standard InChI is InChI=1S/C25H29ClN6O4/c1-4-20(36-21-9-8-18(26)13-17(21)14-22(33)27-3)24(34)31-32-16(2)15-30-23(25(32)35)29-12-10-19-7-5-6-11-28-19/h5-9,11,13,15,20H,4,10,12,14H2,1-3H3,(H,27,33)(H,29,30)(H,31,34). The molecule has 0 aliphatic carbocycles. The normalized spacial score (nSPS) is 11.4. The zero-order valence-corrected chi connectivity index (χ0v) is 21.1. The summed E-state index contributed by atoms with van der Waals surface area (Å²) in [5.74, 6) is -0.270.